The second kappa shape index (κ2) is 4.85. The summed E-state index contributed by atoms with van der Waals surface area (Å²) in [7, 11) is 0. The minimum atomic E-state index is -0.868. The molecule has 0 saturated carbocycles. The van der Waals surface area contributed by atoms with E-state index in [9.17, 15) is 14.3 Å². The molecular formula is C13H10FNO4. The molecule has 0 aliphatic carbocycles. The van der Waals surface area contributed by atoms with Gasteiger partial charge in [0.05, 0.1) is 5.56 Å². The van der Waals surface area contributed by atoms with Crippen LogP contribution in [0.15, 0.2) is 36.4 Å². The van der Waals surface area contributed by atoms with Crippen LogP contribution in [0.3, 0.4) is 0 Å². The molecule has 2 aromatic rings. The molecule has 19 heavy (non-hydrogen) atoms. The van der Waals surface area contributed by atoms with Crippen LogP contribution in [0.4, 0.5) is 10.1 Å². The zero-order chi connectivity index (χ0) is 14.0. The zero-order valence-corrected chi connectivity index (χ0v) is 9.59. The first-order chi connectivity index (χ1) is 8.97. The maximum atomic E-state index is 13.1. The molecule has 0 radical (unpaired) electrons. The van der Waals surface area contributed by atoms with Gasteiger partial charge in [-0.15, -0.1) is 0 Å². The lowest BCUT2D eigenvalue weighted by atomic mass is 10.1. The number of rotatable bonds is 2. The van der Waals surface area contributed by atoms with Crippen molar-refractivity contribution in [3.8, 4) is 17.2 Å². The molecule has 0 atom stereocenters. The third-order valence-electron chi connectivity index (χ3n) is 2.43. The number of hydrogen-bond donors (Lipinski definition) is 4. The third kappa shape index (κ3) is 2.74. The second-order valence-corrected chi connectivity index (χ2v) is 3.82. The van der Waals surface area contributed by atoms with E-state index in [0.717, 1.165) is 18.2 Å². The molecule has 1 amide bonds. The Balaban J connectivity index is 2.23. The summed E-state index contributed by atoms with van der Waals surface area (Å²) in [5.41, 5.74) is 0.0686. The van der Waals surface area contributed by atoms with Gasteiger partial charge in [0.2, 0.25) is 0 Å². The summed E-state index contributed by atoms with van der Waals surface area (Å²) in [5, 5.41) is 30.0. The normalized spacial score (nSPS) is 10.2. The summed E-state index contributed by atoms with van der Waals surface area (Å²) >= 11 is 0. The molecule has 6 heteroatoms. The van der Waals surface area contributed by atoms with Crippen molar-refractivity contribution in [1.82, 2.24) is 0 Å². The molecule has 2 aromatic carbocycles. The lowest BCUT2D eigenvalue weighted by Gasteiger charge is -2.07. The van der Waals surface area contributed by atoms with Gasteiger partial charge >= 0.3 is 0 Å². The van der Waals surface area contributed by atoms with E-state index >= 15 is 0 Å². The van der Waals surface area contributed by atoms with Crippen molar-refractivity contribution in [1.29, 1.82) is 0 Å². The average Bonchev–Trinajstić information content (AvgIpc) is 2.33. The summed E-state index contributed by atoms with van der Waals surface area (Å²) in [6.45, 7) is 0. The monoisotopic (exact) mass is 263 g/mol. The van der Waals surface area contributed by atoms with Gasteiger partial charge in [-0.1, -0.05) is 0 Å². The van der Waals surface area contributed by atoms with Gasteiger partial charge in [0.1, 0.15) is 11.5 Å². The summed E-state index contributed by atoms with van der Waals surface area (Å²) in [6.07, 6.45) is 0. The van der Waals surface area contributed by atoms with E-state index in [-0.39, 0.29) is 17.0 Å². The van der Waals surface area contributed by atoms with Crippen molar-refractivity contribution in [3.05, 3.63) is 47.8 Å². The Labute approximate surface area is 107 Å². The average molecular weight is 263 g/mol. The number of carbonyl (C=O) groups excluding carboxylic acids is 1. The number of nitrogens with one attached hydrogen (secondary N) is 1. The van der Waals surface area contributed by atoms with E-state index in [1.165, 1.54) is 18.2 Å². The molecule has 0 spiro atoms. The lowest BCUT2D eigenvalue weighted by Crippen LogP contribution is -2.12. The van der Waals surface area contributed by atoms with Gasteiger partial charge < -0.3 is 20.6 Å². The number of hydrogen-bond acceptors (Lipinski definition) is 4. The standard InChI is InChI=1S/C13H10FNO4/c14-10-5-7(1-4-11(10)17)15-13(19)9-3-2-8(16)6-12(9)18/h1-6,16-18H,(H,15,19). The molecule has 0 aromatic heterocycles. The van der Waals surface area contributed by atoms with Crippen LogP contribution < -0.4 is 5.32 Å². The van der Waals surface area contributed by atoms with Gasteiger partial charge in [0, 0.05) is 17.8 Å². The van der Waals surface area contributed by atoms with E-state index in [0.29, 0.717) is 0 Å². The van der Waals surface area contributed by atoms with Crippen LogP contribution in [0.1, 0.15) is 10.4 Å². The highest BCUT2D eigenvalue weighted by molar-refractivity contribution is 6.06. The van der Waals surface area contributed by atoms with Crippen LogP contribution in [-0.4, -0.2) is 21.2 Å². The Hall–Kier alpha value is -2.76. The first-order valence-electron chi connectivity index (χ1n) is 5.29. The minimum absolute atomic E-state index is 0.0636. The molecule has 4 N–H and O–H groups in total. The van der Waals surface area contributed by atoms with Crippen molar-refractivity contribution >= 4 is 11.6 Å². The summed E-state index contributed by atoms with van der Waals surface area (Å²) in [4.78, 5) is 11.8. The number of halogens is 1. The highest BCUT2D eigenvalue weighted by Gasteiger charge is 2.12. The molecule has 2 rings (SSSR count). The van der Waals surface area contributed by atoms with Crippen molar-refractivity contribution in [2.45, 2.75) is 0 Å². The van der Waals surface area contributed by atoms with E-state index in [1.54, 1.807) is 0 Å². The number of phenols is 3. The quantitative estimate of drug-likeness (QED) is 0.625. The fraction of sp³-hybridized carbons (Fsp3) is 0. The number of anilines is 1. The number of phenolic OH excluding ortho intramolecular Hbond substituents is 3. The summed E-state index contributed by atoms with van der Waals surface area (Å²) in [6, 6.07) is 6.86. The fourth-order valence-electron chi connectivity index (χ4n) is 1.50. The van der Waals surface area contributed by atoms with Gasteiger partial charge in [-0.3, -0.25) is 4.79 Å². The summed E-state index contributed by atoms with van der Waals surface area (Å²) in [5.74, 6) is -2.62. The smallest absolute Gasteiger partial charge is 0.259 e. The number of aromatic hydroxyl groups is 3. The fourth-order valence-corrected chi connectivity index (χ4v) is 1.50. The van der Waals surface area contributed by atoms with Crippen molar-refractivity contribution < 1.29 is 24.5 Å². The van der Waals surface area contributed by atoms with Crippen molar-refractivity contribution in [2.75, 3.05) is 5.32 Å². The molecule has 0 aliphatic rings. The SMILES string of the molecule is O=C(Nc1ccc(O)c(F)c1)c1ccc(O)cc1O. The predicted octanol–water partition coefficient (Wildman–Crippen LogP) is 2.19. The van der Waals surface area contributed by atoms with Gasteiger partial charge in [0.15, 0.2) is 11.6 Å². The molecule has 98 valence electrons. The van der Waals surface area contributed by atoms with Crippen molar-refractivity contribution in [2.24, 2.45) is 0 Å². The molecule has 0 heterocycles. The Morgan fingerprint density at radius 2 is 1.74 bits per heavy atom. The van der Waals surface area contributed by atoms with Crippen LogP contribution in [0.25, 0.3) is 0 Å². The second-order valence-electron chi connectivity index (χ2n) is 3.82. The molecule has 0 saturated heterocycles. The number of carbonyl (C=O) groups is 1. The van der Waals surface area contributed by atoms with Crippen LogP contribution in [0.2, 0.25) is 0 Å². The lowest BCUT2D eigenvalue weighted by molar-refractivity contribution is 0.102. The Kier molecular flexibility index (Phi) is 3.24. The third-order valence-corrected chi connectivity index (χ3v) is 2.43. The molecular weight excluding hydrogens is 253 g/mol. The largest absolute Gasteiger partial charge is 0.508 e. The maximum absolute atomic E-state index is 13.1. The van der Waals surface area contributed by atoms with E-state index in [4.69, 9.17) is 10.2 Å². The molecule has 0 aliphatic heterocycles. The highest BCUT2D eigenvalue weighted by Crippen LogP contribution is 2.24. The number of amides is 1. The minimum Gasteiger partial charge on any atom is -0.508 e. The van der Waals surface area contributed by atoms with Crippen molar-refractivity contribution in [3.63, 3.8) is 0 Å². The van der Waals surface area contributed by atoms with Gasteiger partial charge in [-0.2, -0.15) is 0 Å². The molecule has 0 unspecified atom stereocenters. The van der Waals surface area contributed by atoms with Gasteiger partial charge in [0.25, 0.3) is 5.91 Å². The zero-order valence-electron chi connectivity index (χ0n) is 9.59. The topological polar surface area (TPSA) is 89.8 Å². The first kappa shape index (κ1) is 12.7. The summed E-state index contributed by atoms with van der Waals surface area (Å²) < 4.78 is 13.1. The molecule has 0 fully saturated rings. The van der Waals surface area contributed by atoms with Crippen LogP contribution >= 0.6 is 0 Å². The first-order valence-corrected chi connectivity index (χ1v) is 5.29. The van der Waals surface area contributed by atoms with Crippen LogP contribution in [0, 0.1) is 5.82 Å². The van der Waals surface area contributed by atoms with Crippen LogP contribution in [-0.2, 0) is 0 Å². The number of benzene rings is 2. The Bertz CT molecular complexity index is 643. The van der Waals surface area contributed by atoms with Crippen LogP contribution in [0.5, 0.6) is 17.2 Å². The molecule has 0 bridgehead atoms. The molecule has 5 nitrogen and oxygen atoms in total. The highest BCUT2D eigenvalue weighted by atomic mass is 19.1. The van der Waals surface area contributed by atoms with E-state index in [2.05, 4.69) is 5.32 Å². The van der Waals surface area contributed by atoms with E-state index < -0.39 is 23.2 Å². The van der Waals surface area contributed by atoms with Gasteiger partial charge in [-0.05, 0) is 24.3 Å². The Morgan fingerprint density at radius 3 is 2.37 bits per heavy atom. The maximum Gasteiger partial charge on any atom is 0.259 e. The Morgan fingerprint density at radius 1 is 1.00 bits per heavy atom. The van der Waals surface area contributed by atoms with E-state index in [1.807, 2.05) is 0 Å². The predicted molar refractivity (Wildman–Crippen MR) is 65.8 cm³/mol. The van der Waals surface area contributed by atoms with Gasteiger partial charge in [-0.25, -0.2) is 4.39 Å².